The first kappa shape index (κ1) is 20.5. The second-order valence-electron chi connectivity index (χ2n) is 7.85. The first-order chi connectivity index (χ1) is 16.0. The van der Waals surface area contributed by atoms with Crippen molar-refractivity contribution in [2.24, 2.45) is 0 Å². The van der Waals surface area contributed by atoms with Crippen LogP contribution in [-0.2, 0) is 4.79 Å². The maximum Gasteiger partial charge on any atom is 0.296 e. The summed E-state index contributed by atoms with van der Waals surface area (Å²) in [6.07, 6.45) is 0. The Bertz CT molecular complexity index is 1460. The number of aryl methyl sites for hydroxylation is 2. The number of H-pyrrole nitrogens is 1. The number of anilines is 1. The van der Waals surface area contributed by atoms with Gasteiger partial charge in [-0.15, -0.1) is 0 Å². The highest BCUT2D eigenvalue weighted by Gasteiger charge is 2.25. The Morgan fingerprint density at radius 3 is 2.24 bits per heavy atom. The number of aromatic nitrogens is 2. The van der Waals surface area contributed by atoms with Gasteiger partial charge in [-0.3, -0.25) is 9.59 Å². The number of hydrogen-bond donors (Lipinski definition) is 2. The zero-order valence-electron chi connectivity index (χ0n) is 18.2. The molecule has 0 unspecified atom stereocenters. The Kier molecular flexibility index (Phi) is 5.11. The molecule has 0 radical (unpaired) electrons. The van der Waals surface area contributed by atoms with Crippen LogP contribution in [0.15, 0.2) is 83.4 Å². The molecule has 6 nitrogen and oxygen atoms in total. The molecule has 6 heteroatoms. The van der Waals surface area contributed by atoms with Crippen LogP contribution in [0.2, 0.25) is 0 Å². The number of fused-ring (bicyclic) bond motifs is 1. The number of ketones is 1. The second kappa shape index (κ2) is 8.24. The number of rotatable bonds is 5. The van der Waals surface area contributed by atoms with Crippen LogP contribution in [0.25, 0.3) is 33.3 Å². The van der Waals surface area contributed by atoms with Crippen molar-refractivity contribution in [3.05, 3.63) is 95.9 Å². The standard InChI is InChI=1S/C27H21N3O3/c1-16-23(17(2)33-30-16)18-12-14-20(15-13-18)28-27(32)26(31)24-21-10-6-7-11-22(21)29-25(24)19-8-4-3-5-9-19/h3-15,29H,1-2H3,(H,28,32). The minimum atomic E-state index is -0.693. The molecule has 0 aliphatic rings. The van der Waals surface area contributed by atoms with Crippen molar-refractivity contribution in [1.82, 2.24) is 10.1 Å². The molecule has 0 bridgehead atoms. The van der Waals surface area contributed by atoms with Crippen molar-refractivity contribution in [3.8, 4) is 22.4 Å². The smallest absolute Gasteiger partial charge is 0.296 e. The lowest BCUT2D eigenvalue weighted by atomic mass is 10.0. The van der Waals surface area contributed by atoms with E-state index in [2.05, 4.69) is 15.5 Å². The molecule has 0 saturated carbocycles. The van der Waals surface area contributed by atoms with Crippen LogP contribution in [0.3, 0.4) is 0 Å². The predicted molar refractivity (Wildman–Crippen MR) is 128 cm³/mol. The third-order valence-electron chi connectivity index (χ3n) is 5.67. The van der Waals surface area contributed by atoms with Crippen LogP contribution in [0.5, 0.6) is 0 Å². The minimum Gasteiger partial charge on any atom is -0.361 e. The van der Waals surface area contributed by atoms with E-state index in [0.717, 1.165) is 33.7 Å². The zero-order valence-corrected chi connectivity index (χ0v) is 18.2. The van der Waals surface area contributed by atoms with E-state index in [9.17, 15) is 9.59 Å². The summed E-state index contributed by atoms with van der Waals surface area (Å²) in [6.45, 7) is 3.74. The van der Waals surface area contributed by atoms with Crippen molar-refractivity contribution in [2.75, 3.05) is 5.32 Å². The summed E-state index contributed by atoms with van der Waals surface area (Å²) < 4.78 is 5.23. The van der Waals surface area contributed by atoms with Gasteiger partial charge < -0.3 is 14.8 Å². The van der Waals surface area contributed by atoms with Crippen molar-refractivity contribution in [3.63, 3.8) is 0 Å². The molecule has 2 heterocycles. The molecule has 5 aromatic rings. The number of Topliss-reactive ketones (excluding diaryl/α,β-unsaturated/α-hetero) is 1. The summed E-state index contributed by atoms with van der Waals surface area (Å²) in [5.41, 5.74) is 5.82. The van der Waals surface area contributed by atoms with E-state index in [0.29, 0.717) is 22.3 Å². The summed E-state index contributed by atoms with van der Waals surface area (Å²) in [6, 6.07) is 24.3. The van der Waals surface area contributed by atoms with Crippen LogP contribution in [0.1, 0.15) is 21.8 Å². The average molecular weight is 435 g/mol. The molecule has 2 N–H and O–H groups in total. The Morgan fingerprint density at radius 1 is 0.848 bits per heavy atom. The lowest BCUT2D eigenvalue weighted by Gasteiger charge is -2.08. The molecule has 0 atom stereocenters. The third kappa shape index (κ3) is 3.72. The van der Waals surface area contributed by atoms with Crippen LogP contribution < -0.4 is 5.32 Å². The van der Waals surface area contributed by atoms with E-state index >= 15 is 0 Å². The first-order valence-corrected chi connectivity index (χ1v) is 10.6. The van der Waals surface area contributed by atoms with Gasteiger partial charge in [0.15, 0.2) is 0 Å². The SMILES string of the molecule is Cc1noc(C)c1-c1ccc(NC(=O)C(=O)c2c(-c3ccccc3)[nH]c3ccccc23)cc1. The molecule has 1 amide bonds. The van der Waals surface area contributed by atoms with E-state index in [-0.39, 0.29) is 0 Å². The van der Waals surface area contributed by atoms with Crippen LogP contribution in [-0.4, -0.2) is 21.8 Å². The topological polar surface area (TPSA) is 88.0 Å². The number of nitrogens with one attached hydrogen (secondary N) is 2. The number of hydrogen-bond acceptors (Lipinski definition) is 4. The quantitative estimate of drug-likeness (QED) is 0.265. The largest absolute Gasteiger partial charge is 0.361 e. The molecule has 0 aliphatic carbocycles. The molecule has 0 fully saturated rings. The lowest BCUT2D eigenvalue weighted by Crippen LogP contribution is -2.23. The monoisotopic (exact) mass is 435 g/mol. The molecular formula is C27H21N3O3. The molecule has 0 aliphatic heterocycles. The number of benzene rings is 3. The van der Waals surface area contributed by atoms with Gasteiger partial charge in [-0.05, 0) is 43.2 Å². The summed E-state index contributed by atoms with van der Waals surface area (Å²) in [7, 11) is 0. The predicted octanol–water partition coefficient (Wildman–Crippen LogP) is 5.93. The fourth-order valence-corrected chi connectivity index (χ4v) is 4.12. The third-order valence-corrected chi connectivity index (χ3v) is 5.67. The molecule has 0 spiro atoms. The Hall–Kier alpha value is -4.45. The van der Waals surface area contributed by atoms with Gasteiger partial charge >= 0.3 is 0 Å². The minimum absolute atomic E-state index is 0.363. The van der Waals surface area contributed by atoms with Crippen molar-refractivity contribution >= 4 is 28.3 Å². The van der Waals surface area contributed by atoms with Gasteiger partial charge in [0.05, 0.1) is 17.0 Å². The number of carbonyl (C=O) groups is 2. The van der Waals surface area contributed by atoms with Gasteiger partial charge in [0.1, 0.15) is 5.76 Å². The molecule has 5 rings (SSSR count). The van der Waals surface area contributed by atoms with E-state index in [4.69, 9.17) is 4.52 Å². The molecule has 2 aromatic heterocycles. The number of amides is 1. The number of para-hydroxylation sites is 1. The Balaban J connectivity index is 1.45. The van der Waals surface area contributed by atoms with Crippen molar-refractivity contribution in [2.45, 2.75) is 13.8 Å². The van der Waals surface area contributed by atoms with Gasteiger partial charge in [0, 0.05) is 22.2 Å². The summed E-state index contributed by atoms with van der Waals surface area (Å²) >= 11 is 0. The number of aromatic amines is 1. The van der Waals surface area contributed by atoms with Crippen LogP contribution in [0, 0.1) is 13.8 Å². The molecule has 0 saturated heterocycles. The van der Waals surface area contributed by atoms with Gasteiger partial charge in [-0.25, -0.2) is 0 Å². The lowest BCUT2D eigenvalue weighted by molar-refractivity contribution is -0.112. The highest BCUT2D eigenvalue weighted by atomic mass is 16.5. The van der Waals surface area contributed by atoms with Crippen LogP contribution >= 0.6 is 0 Å². The molecule has 3 aromatic carbocycles. The highest BCUT2D eigenvalue weighted by molar-refractivity contribution is 6.49. The fraction of sp³-hybridized carbons (Fsp3) is 0.0741. The maximum atomic E-state index is 13.3. The Morgan fingerprint density at radius 2 is 1.55 bits per heavy atom. The zero-order chi connectivity index (χ0) is 22.9. The van der Waals surface area contributed by atoms with Gasteiger partial charge in [-0.2, -0.15) is 0 Å². The van der Waals surface area contributed by atoms with E-state index < -0.39 is 11.7 Å². The number of nitrogens with zero attached hydrogens (tertiary/aromatic N) is 1. The van der Waals surface area contributed by atoms with Gasteiger partial charge in [0.2, 0.25) is 0 Å². The first-order valence-electron chi connectivity index (χ1n) is 10.6. The summed E-state index contributed by atoms with van der Waals surface area (Å²) in [5.74, 6) is -0.560. The van der Waals surface area contributed by atoms with Gasteiger partial charge in [0.25, 0.3) is 11.7 Å². The normalized spacial score (nSPS) is 11.0. The van der Waals surface area contributed by atoms with Crippen molar-refractivity contribution < 1.29 is 14.1 Å². The van der Waals surface area contributed by atoms with Crippen LogP contribution in [0.4, 0.5) is 5.69 Å². The fourth-order valence-electron chi connectivity index (χ4n) is 4.12. The number of carbonyl (C=O) groups excluding carboxylic acids is 2. The van der Waals surface area contributed by atoms with E-state index in [1.54, 1.807) is 12.1 Å². The molecular weight excluding hydrogens is 414 g/mol. The Labute approximate surface area is 190 Å². The average Bonchev–Trinajstić information content (AvgIpc) is 3.39. The molecule has 162 valence electrons. The second-order valence-corrected chi connectivity index (χ2v) is 7.85. The summed E-state index contributed by atoms with van der Waals surface area (Å²) in [5, 5.41) is 7.43. The van der Waals surface area contributed by atoms with Gasteiger partial charge in [-0.1, -0.05) is 65.8 Å². The highest BCUT2D eigenvalue weighted by Crippen LogP contribution is 2.31. The molecule has 33 heavy (non-hydrogen) atoms. The van der Waals surface area contributed by atoms with Crippen molar-refractivity contribution in [1.29, 1.82) is 0 Å². The summed E-state index contributed by atoms with van der Waals surface area (Å²) in [4.78, 5) is 29.6. The van der Waals surface area contributed by atoms with E-state index in [1.807, 2.05) is 80.6 Å². The maximum absolute atomic E-state index is 13.3. The van der Waals surface area contributed by atoms with E-state index in [1.165, 1.54) is 0 Å².